The van der Waals surface area contributed by atoms with Gasteiger partial charge in [-0.2, -0.15) is 4.98 Å². The zero-order valence-electron chi connectivity index (χ0n) is 18.3. The van der Waals surface area contributed by atoms with Crippen molar-refractivity contribution in [1.29, 1.82) is 0 Å². The summed E-state index contributed by atoms with van der Waals surface area (Å²) in [7, 11) is 0. The minimum atomic E-state index is -0.571. The third kappa shape index (κ3) is 4.51. The van der Waals surface area contributed by atoms with Crippen LogP contribution in [0.4, 0.5) is 11.6 Å². The number of fused-ring (bicyclic) bond motifs is 1. The molecular formula is C25H22N6O2S. The van der Waals surface area contributed by atoms with Gasteiger partial charge in [0.25, 0.3) is 5.91 Å². The van der Waals surface area contributed by atoms with E-state index in [-0.39, 0.29) is 11.7 Å². The van der Waals surface area contributed by atoms with Crippen molar-refractivity contribution in [3.05, 3.63) is 102 Å². The number of thioether (sulfide) groups is 1. The van der Waals surface area contributed by atoms with E-state index in [9.17, 15) is 9.90 Å². The lowest BCUT2D eigenvalue weighted by atomic mass is 9.95. The highest BCUT2D eigenvalue weighted by Crippen LogP contribution is 2.37. The normalized spacial score (nSPS) is 14.9. The summed E-state index contributed by atoms with van der Waals surface area (Å²) < 4.78 is 1.70. The molecule has 34 heavy (non-hydrogen) atoms. The fraction of sp³-hybridized carbons (Fsp3) is 0.120. The molecule has 1 aliphatic rings. The maximum absolute atomic E-state index is 13.4. The highest BCUT2D eigenvalue weighted by molar-refractivity contribution is 7.98. The first-order valence-corrected chi connectivity index (χ1v) is 11.7. The summed E-state index contributed by atoms with van der Waals surface area (Å²) in [5.74, 6) is 1.09. The van der Waals surface area contributed by atoms with Gasteiger partial charge in [0.1, 0.15) is 11.8 Å². The molecule has 4 aromatic rings. The number of hydrogen-bond acceptors (Lipinski definition) is 7. The van der Waals surface area contributed by atoms with Crippen molar-refractivity contribution in [3.8, 4) is 5.75 Å². The van der Waals surface area contributed by atoms with E-state index in [0.29, 0.717) is 28.1 Å². The van der Waals surface area contributed by atoms with Gasteiger partial charge < -0.3 is 15.7 Å². The van der Waals surface area contributed by atoms with Crippen molar-refractivity contribution in [1.82, 2.24) is 19.7 Å². The standard InChI is InChI=1S/C25H22N6O2S/c1-16-21(23(33)28-19-10-6-12-26-14-19)22(18-9-5-11-20(32)13-18)31-24(27-16)29-25(30-31)34-15-17-7-3-2-4-8-17/h2-14,22,32H,15H2,1H3,(H,28,33)(H,27,29,30)/t22-/m1/s1. The van der Waals surface area contributed by atoms with Crippen molar-refractivity contribution in [3.63, 3.8) is 0 Å². The number of aromatic hydroxyl groups is 1. The largest absolute Gasteiger partial charge is 0.508 e. The average Bonchev–Trinajstić information content (AvgIpc) is 3.25. The number of carbonyl (C=O) groups is 1. The fourth-order valence-electron chi connectivity index (χ4n) is 3.85. The Kier molecular flexibility index (Phi) is 6.01. The summed E-state index contributed by atoms with van der Waals surface area (Å²) in [5.41, 5.74) is 3.62. The molecule has 3 N–H and O–H groups in total. The molecule has 170 valence electrons. The van der Waals surface area contributed by atoms with Crippen LogP contribution in [0.25, 0.3) is 0 Å². The first-order chi connectivity index (χ1) is 16.6. The van der Waals surface area contributed by atoms with Gasteiger partial charge in [0, 0.05) is 17.6 Å². The number of carbonyl (C=O) groups excluding carboxylic acids is 1. The molecule has 1 amide bonds. The third-order valence-electron chi connectivity index (χ3n) is 5.39. The molecule has 0 bridgehead atoms. The zero-order chi connectivity index (χ0) is 23.5. The lowest BCUT2D eigenvalue weighted by Gasteiger charge is -2.28. The Hall–Kier alpha value is -4.11. The second kappa shape index (κ2) is 9.40. The van der Waals surface area contributed by atoms with E-state index in [0.717, 1.165) is 11.3 Å². The van der Waals surface area contributed by atoms with Crippen molar-refractivity contribution >= 4 is 29.3 Å². The number of pyridine rings is 1. The highest BCUT2D eigenvalue weighted by atomic mass is 32.2. The number of anilines is 2. The Balaban J connectivity index is 1.50. The maximum Gasteiger partial charge on any atom is 0.255 e. The number of hydrogen-bond donors (Lipinski definition) is 3. The monoisotopic (exact) mass is 470 g/mol. The average molecular weight is 471 g/mol. The summed E-state index contributed by atoms with van der Waals surface area (Å²) in [6.07, 6.45) is 3.24. The van der Waals surface area contributed by atoms with E-state index < -0.39 is 6.04 Å². The van der Waals surface area contributed by atoms with E-state index in [4.69, 9.17) is 5.10 Å². The van der Waals surface area contributed by atoms with Crippen LogP contribution in [0.1, 0.15) is 24.1 Å². The molecule has 3 heterocycles. The molecule has 0 unspecified atom stereocenters. The lowest BCUT2D eigenvalue weighted by molar-refractivity contribution is -0.113. The molecule has 5 rings (SSSR count). The Morgan fingerprint density at radius 2 is 2.00 bits per heavy atom. The first-order valence-electron chi connectivity index (χ1n) is 10.7. The van der Waals surface area contributed by atoms with Gasteiger partial charge in [-0.05, 0) is 42.3 Å². The van der Waals surface area contributed by atoms with Crippen LogP contribution in [0, 0.1) is 0 Å². The van der Waals surface area contributed by atoms with E-state index >= 15 is 0 Å². The molecule has 1 atom stereocenters. The van der Waals surface area contributed by atoms with E-state index in [1.54, 1.807) is 47.4 Å². The number of rotatable bonds is 6. The topological polar surface area (TPSA) is 105 Å². The molecular weight excluding hydrogens is 448 g/mol. The highest BCUT2D eigenvalue weighted by Gasteiger charge is 2.34. The van der Waals surface area contributed by atoms with E-state index in [1.807, 2.05) is 31.2 Å². The van der Waals surface area contributed by atoms with Crippen LogP contribution in [-0.2, 0) is 10.5 Å². The zero-order valence-corrected chi connectivity index (χ0v) is 19.2. The van der Waals surface area contributed by atoms with Gasteiger partial charge in [-0.15, -0.1) is 5.10 Å². The number of phenols is 1. The van der Waals surface area contributed by atoms with Gasteiger partial charge in [-0.1, -0.05) is 54.2 Å². The number of nitrogens with one attached hydrogen (secondary N) is 2. The second-order valence-electron chi connectivity index (χ2n) is 7.79. The second-order valence-corrected chi connectivity index (χ2v) is 8.74. The van der Waals surface area contributed by atoms with Gasteiger partial charge in [-0.25, -0.2) is 4.68 Å². The number of amides is 1. The number of nitrogens with zero attached hydrogens (tertiary/aromatic N) is 4. The van der Waals surface area contributed by atoms with E-state index in [1.165, 1.54) is 17.3 Å². The third-order valence-corrected chi connectivity index (χ3v) is 6.30. The summed E-state index contributed by atoms with van der Waals surface area (Å²) in [4.78, 5) is 22.1. The quantitative estimate of drug-likeness (QED) is 0.354. The lowest BCUT2D eigenvalue weighted by Crippen LogP contribution is -2.31. The Labute approximate surface area is 200 Å². The van der Waals surface area contributed by atoms with E-state index in [2.05, 4.69) is 32.7 Å². The summed E-state index contributed by atoms with van der Waals surface area (Å²) >= 11 is 1.52. The van der Waals surface area contributed by atoms with Crippen LogP contribution in [0.2, 0.25) is 0 Å². The number of benzene rings is 2. The Morgan fingerprint density at radius 1 is 1.15 bits per heavy atom. The molecule has 0 spiro atoms. The van der Waals surface area contributed by atoms with Gasteiger partial charge in [0.15, 0.2) is 0 Å². The number of aromatic nitrogens is 4. The SMILES string of the molecule is CC1=C(C(=O)Nc2cccnc2)[C@@H](c2cccc(O)c2)n2nc(SCc3ccccc3)nc2N1. The van der Waals surface area contributed by atoms with Crippen LogP contribution < -0.4 is 10.6 Å². The van der Waals surface area contributed by atoms with Crippen LogP contribution in [0.3, 0.4) is 0 Å². The molecule has 0 saturated heterocycles. The van der Waals surface area contributed by atoms with Crippen molar-refractivity contribution in [2.75, 3.05) is 10.6 Å². The Bertz CT molecular complexity index is 1350. The molecule has 8 nitrogen and oxygen atoms in total. The van der Waals surface area contributed by atoms with Crippen molar-refractivity contribution in [2.45, 2.75) is 23.9 Å². The Morgan fingerprint density at radius 3 is 2.76 bits per heavy atom. The molecule has 0 fully saturated rings. The van der Waals surface area contributed by atoms with Gasteiger partial charge >= 0.3 is 0 Å². The molecule has 2 aromatic heterocycles. The van der Waals surface area contributed by atoms with Crippen LogP contribution in [0.5, 0.6) is 5.75 Å². The summed E-state index contributed by atoms with van der Waals surface area (Å²) in [6.45, 7) is 1.84. The molecule has 1 aliphatic heterocycles. The predicted molar refractivity (Wildman–Crippen MR) is 131 cm³/mol. The fourth-order valence-corrected chi connectivity index (χ4v) is 4.63. The van der Waals surface area contributed by atoms with Crippen LogP contribution in [0.15, 0.2) is 95.6 Å². The molecule has 0 aliphatic carbocycles. The van der Waals surface area contributed by atoms with Gasteiger partial charge in [0.2, 0.25) is 11.1 Å². The number of phenolic OH excluding ortho intramolecular Hbond substituents is 1. The molecule has 9 heteroatoms. The smallest absolute Gasteiger partial charge is 0.255 e. The van der Waals surface area contributed by atoms with Gasteiger partial charge in [-0.3, -0.25) is 9.78 Å². The van der Waals surface area contributed by atoms with Crippen LogP contribution >= 0.6 is 11.8 Å². The molecule has 0 saturated carbocycles. The van der Waals surface area contributed by atoms with Crippen molar-refractivity contribution < 1.29 is 9.90 Å². The van der Waals surface area contributed by atoms with Crippen molar-refractivity contribution in [2.24, 2.45) is 0 Å². The van der Waals surface area contributed by atoms with Gasteiger partial charge in [0.05, 0.1) is 17.5 Å². The minimum Gasteiger partial charge on any atom is -0.508 e. The molecule has 2 aromatic carbocycles. The maximum atomic E-state index is 13.4. The minimum absolute atomic E-state index is 0.112. The number of allylic oxidation sites excluding steroid dienone is 1. The summed E-state index contributed by atoms with van der Waals surface area (Å²) in [6, 6.07) is 19.9. The predicted octanol–water partition coefficient (Wildman–Crippen LogP) is 4.60. The first kappa shape index (κ1) is 21.7. The molecule has 0 radical (unpaired) electrons. The summed E-state index contributed by atoms with van der Waals surface area (Å²) in [5, 5.41) is 21.6. The van der Waals surface area contributed by atoms with Crippen LogP contribution in [-0.4, -0.2) is 30.8 Å².